The Morgan fingerprint density at radius 2 is 2.15 bits per heavy atom. The van der Waals surface area contributed by atoms with E-state index in [4.69, 9.17) is 16.7 Å². The lowest BCUT2D eigenvalue weighted by atomic mass is 10.3. The molecule has 1 aromatic rings. The van der Waals surface area contributed by atoms with Gasteiger partial charge in [-0.15, -0.1) is 0 Å². The van der Waals surface area contributed by atoms with Crippen molar-refractivity contribution in [1.29, 1.82) is 0 Å². The van der Waals surface area contributed by atoms with E-state index in [1.807, 2.05) is 0 Å². The molecule has 106 valence electrons. The van der Waals surface area contributed by atoms with Gasteiger partial charge in [-0.3, -0.25) is 10.1 Å². The zero-order valence-corrected chi connectivity index (χ0v) is 11.3. The minimum atomic E-state index is -0.584. The lowest BCUT2D eigenvalue weighted by Crippen LogP contribution is -2.22. The van der Waals surface area contributed by atoms with E-state index < -0.39 is 11.9 Å². The van der Waals surface area contributed by atoms with Gasteiger partial charge in [-0.2, -0.15) is 0 Å². The summed E-state index contributed by atoms with van der Waals surface area (Å²) in [5.74, 6) is -0.0365. The van der Waals surface area contributed by atoms with Crippen molar-refractivity contribution < 1.29 is 14.7 Å². The highest BCUT2D eigenvalue weighted by molar-refractivity contribution is 6.28. The van der Waals surface area contributed by atoms with E-state index in [0.717, 1.165) is 0 Å². The van der Waals surface area contributed by atoms with E-state index in [2.05, 4.69) is 20.6 Å². The maximum Gasteiger partial charge on any atom is 0.326 e. The summed E-state index contributed by atoms with van der Waals surface area (Å²) in [6.45, 7) is 0.341. The van der Waals surface area contributed by atoms with Gasteiger partial charge in [-0.25, -0.2) is 14.8 Å². The summed E-state index contributed by atoms with van der Waals surface area (Å²) in [6, 6.07) is 1.01. The van der Waals surface area contributed by atoms with Crippen LogP contribution in [0.5, 0.6) is 0 Å². The number of imide groups is 1. The third kappa shape index (κ3) is 3.22. The number of amides is 3. The molecular formula is C11H12ClN5O3. The smallest absolute Gasteiger partial charge is 0.326 e. The van der Waals surface area contributed by atoms with Gasteiger partial charge < -0.3 is 15.3 Å². The fourth-order valence-electron chi connectivity index (χ4n) is 1.59. The Morgan fingerprint density at radius 3 is 2.75 bits per heavy atom. The van der Waals surface area contributed by atoms with Gasteiger partial charge in [0.25, 0.3) is 5.91 Å². The van der Waals surface area contributed by atoms with Crippen LogP contribution in [0.3, 0.4) is 0 Å². The number of anilines is 1. The molecule has 2 rings (SSSR count). The standard InChI is InChI=1S/C11H12ClN5O3/c1-17(2-3-18)8-5-6(13-10(12)15-8)4-7-9(19)16-11(20)14-7/h4-5,18H,2-3H2,1H3,(H2,14,16,19,20)/b7-4-. The van der Waals surface area contributed by atoms with Crippen LogP contribution in [0.15, 0.2) is 11.8 Å². The Balaban J connectivity index is 2.31. The van der Waals surface area contributed by atoms with Crippen LogP contribution < -0.4 is 15.5 Å². The number of rotatable bonds is 4. The molecule has 0 spiro atoms. The highest BCUT2D eigenvalue weighted by Crippen LogP contribution is 2.16. The molecule has 0 saturated carbocycles. The third-order valence-electron chi connectivity index (χ3n) is 2.54. The van der Waals surface area contributed by atoms with E-state index in [-0.39, 0.29) is 17.6 Å². The molecule has 1 aliphatic heterocycles. The van der Waals surface area contributed by atoms with Gasteiger partial charge in [0.05, 0.1) is 12.3 Å². The minimum absolute atomic E-state index is 0.00358. The van der Waals surface area contributed by atoms with Crippen molar-refractivity contribution in [1.82, 2.24) is 20.6 Å². The molecule has 0 radical (unpaired) electrons. The number of halogens is 1. The van der Waals surface area contributed by atoms with Crippen molar-refractivity contribution in [3.05, 3.63) is 22.7 Å². The number of hydrogen-bond donors (Lipinski definition) is 3. The largest absolute Gasteiger partial charge is 0.395 e. The molecule has 3 N–H and O–H groups in total. The Hall–Kier alpha value is -2.19. The second kappa shape index (κ2) is 5.85. The molecular weight excluding hydrogens is 286 g/mol. The fourth-order valence-corrected chi connectivity index (χ4v) is 1.77. The van der Waals surface area contributed by atoms with Crippen molar-refractivity contribution in [2.24, 2.45) is 0 Å². The van der Waals surface area contributed by atoms with Crippen LogP contribution in [-0.4, -0.2) is 47.2 Å². The predicted molar refractivity (Wildman–Crippen MR) is 72.0 cm³/mol. The molecule has 0 atom stereocenters. The molecule has 2 heterocycles. The van der Waals surface area contributed by atoms with Crippen molar-refractivity contribution in [3.8, 4) is 0 Å². The summed E-state index contributed by atoms with van der Waals surface area (Å²) in [7, 11) is 1.73. The zero-order chi connectivity index (χ0) is 14.7. The molecule has 1 saturated heterocycles. The molecule has 1 fully saturated rings. The van der Waals surface area contributed by atoms with Crippen LogP contribution in [0.25, 0.3) is 6.08 Å². The van der Waals surface area contributed by atoms with Crippen molar-refractivity contribution in [3.63, 3.8) is 0 Å². The fraction of sp³-hybridized carbons (Fsp3) is 0.273. The number of nitrogens with one attached hydrogen (secondary N) is 2. The molecule has 1 aromatic heterocycles. The van der Waals surface area contributed by atoms with Gasteiger partial charge in [-0.05, 0) is 17.7 Å². The van der Waals surface area contributed by atoms with Crippen LogP contribution in [0, 0.1) is 0 Å². The van der Waals surface area contributed by atoms with Gasteiger partial charge in [0, 0.05) is 19.7 Å². The lowest BCUT2D eigenvalue weighted by Gasteiger charge is -2.16. The first-order valence-corrected chi connectivity index (χ1v) is 6.08. The third-order valence-corrected chi connectivity index (χ3v) is 2.71. The van der Waals surface area contributed by atoms with Gasteiger partial charge in [-0.1, -0.05) is 0 Å². The number of carbonyl (C=O) groups excluding carboxylic acids is 2. The summed E-state index contributed by atoms with van der Waals surface area (Å²) >= 11 is 5.82. The molecule has 0 unspecified atom stereocenters. The lowest BCUT2D eigenvalue weighted by molar-refractivity contribution is -0.115. The first kappa shape index (κ1) is 14.2. The summed E-state index contributed by atoms with van der Waals surface area (Å²) in [4.78, 5) is 32.1. The van der Waals surface area contributed by atoms with Crippen molar-refractivity contribution in [2.75, 3.05) is 25.1 Å². The van der Waals surface area contributed by atoms with Crippen LogP contribution in [0.1, 0.15) is 5.69 Å². The highest BCUT2D eigenvalue weighted by atomic mass is 35.5. The van der Waals surface area contributed by atoms with Gasteiger partial charge in [0.2, 0.25) is 5.28 Å². The maximum absolute atomic E-state index is 11.4. The second-order valence-corrected chi connectivity index (χ2v) is 4.37. The molecule has 0 aliphatic carbocycles. The van der Waals surface area contributed by atoms with E-state index >= 15 is 0 Å². The molecule has 9 heteroatoms. The number of carbonyl (C=O) groups is 2. The van der Waals surface area contributed by atoms with E-state index in [1.165, 1.54) is 6.08 Å². The number of aliphatic hydroxyl groups excluding tert-OH is 1. The first-order valence-electron chi connectivity index (χ1n) is 5.70. The average Bonchev–Trinajstić information content (AvgIpc) is 2.67. The van der Waals surface area contributed by atoms with Gasteiger partial charge >= 0.3 is 6.03 Å². The van der Waals surface area contributed by atoms with Gasteiger partial charge in [0.15, 0.2) is 0 Å². The zero-order valence-electron chi connectivity index (χ0n) is 10.6. The molecule has 1 aliphatic rings. The van der Waals surface area contributed by atoms with E-state index in [0.29, 0.717) is 18.1 Å². The monoisotopic (exact) mass is 297 g/mol. The van der Waals surface area contributed by atoms with Crippen molar-refractivity contribution in [2.45, 2.75) is 0 Å². The van der Waals surface area contributed by atoms with E-state index in [9.17, 15) is 9.59 Å². The minimum Gasteiger partial charge on any atom is -0.395 e. The maximum atomic E-state index is 11.4. The summed E-state index contributed by atoms with van der Waals surface area (Å²) in [5, 5.41) is 13.3. The van der Waals surface area contributed by atoms with Crippen LogP contribution in [0.2, 0.25) is 5.28 Å². The number of likely N-dealkylation sites (N-methyl/N-ethyl adjacent to an activating group) is 1. The summed E-state index contributed by atoms with van der Waals surface area (Å²) in [5.41, 5.74) is 0.456. The SMILES string of the molecule is CN(CCO)c1cc(/C=C2\NC(=O)NC2=O)nc(Cl)n1. The number of nitrogens with zero attached hydrogens (tertiary/aromatic N) is 3. The topological polar surface area (TPSA) is 107 Å². The Morgan fingerprint density at radius 1 is 1.40 bits per heavy atom. The Kier molecular flexibility index (Phi) is 4.16. The van der Waals surface area contributed by atoms with Crippen molar-refractivity contribution >= 4 is 35.4 Å². The van der Waals surface area contributed by atoms with Crippen LogP contribution >= 0.6 is 11.6 Å². The van der Waals surface area contributed by atoms with Crippen LogP contribution in [-0.2, 0) is 4.79 Å². The molecule has 3 amide bonds. The normalized spacial score (nSPS) is 16.2. The van der Waals surface area contributed by atoms with Crippen LogP contribution in [0.4, 0.5) is 10.6 Å². The van der Waals surface area contributed by atoms with Gasteiger partial charge in [0.1, 0.15) is 11.5 Å². The highest BCUT2D eigenvalue weighted by Gasteiger charge is 2.23. The molecule has 8 nitrogen and oxygen atoms in total. The molecule has 0 bridgehead atoms. The molecule has 0 aromatic carbocycles. The Labute approximate surface area is 119 Å². The summed E-state index contributed by atoms with van der Waals surface area (Å²) < 4.78 is 0. The predicted octanol–water partition coefficient (Wildman–Crippen LogP) is -0.261. The first-order chi connectivity index (χ1) is 9.49. The average molecular weight is 298 g/mol. The number of aromatic nitrogens is 2. The molecule has 20 heavy (non-hydrogen) atoms. The van der Waals surface area contributed by atoms with E-state index in [1.54, 1.807) is 18.0 Å². The number of urea groups is 1. The quantitative estimate of drug-likeness (QED) is 0.401. The second-order valence-electron chi connectivity index (χ2n) is 4.03. The number of aliphatic hydroxyl groups is 1. The summed E-state index contributed by atoms with van der Waals surface area (Å²) in [6.07, 6.45) is 1.39. The Bertz CT molecular complexity index is 589. The number of hydrogen-bond acceptors (Lipinski definition) is 6.